The van der Waals surface area contributed by atoms with Gasteiger partial charge in [-0.2, -0.15) is 4.98 Å². The van der Waals surface area contributed by atoms with E-state index in [-0.39, 0.29) is 18.1 Å². The molecule has 0 fully saturated rings. The number of carbonyl (C=O) groups is 1. The van der Waals surface area contributed by atoms with Gasteiger partial charge in [0.1, 0.15) is 17.7 Å². The molecule has 7 nitrogen and oxygen atoms in total. The first-order valence-corrected chi connectivity index (χ1v) is 4.13. The Balaban J connectivity index is 2.28. The maximum absolute atomic E-state index is 10.4. The van der Waals surface area contributed by atoms with Crippen LogP contribution in [0.1, 0.15) is 11.6 Å². The summed E-state index contributed by atoms with van der Waals surface area (Å²) >= 11 is 0. The van der Waals surface area contributed by atoms with Gasteiger partial charge in [0.05, 0.1) is 6.20 Å². The second kappa shape index (κ2) is 3.52. The highest BCUT2D eigenvalue weighted by Crippen LogP contribution is 2.20. The van der Waals surface area contributed by atoms with Gasteiger partial charge < -0.3 is 14.2 Å². The number of hydrogen-bond acceptors (Lipinski definition) is 6. The zero-order valence-electron chi connectivity index (χ0n) is 7.80. The molecule has 78 valence electrons. The molecular formula is C8H7N3O4. The molecule has 0 aliphatic carbocycles. The number of aromatic nitrogens is 3. The van der Waals surface area contributed by atoms with Crippen molar-refractivity contribution in [1.82, 2.24) is 15.3 Å². The van der Waals surface area contributed by atoms with Crippen LogP contribution in [0.15, 0.2) is 15.2 Å². The molecule has 0 bridgehead atoms. The number of rotatable bonds is 3. The Kier molecular flexibility index (Phi) is 2.20. The average molecular weight is 209 g/mol. The Morgan fingerprint density at radius 1 is 1.53 bits per heavy atom. The van der Waals surface area contributed by atoms with Crippen LogP contribution in [0, 0.1) is 6.92 Å². The van der Waals surface area contributed by atoms with E-state index in [1.54, 1.807) is 6.92 Å². The van der Waals surface area contributed by atoms with Crippen molar-refractivity contribution in [1.29, 1.82) is 0 Å². The highest BCUT2D eigenvalue weighted by molar-refractivity contribution is 5.69. The topological polar surface area (TPSA) is 102 Å². The second-order valence-electron chi connectivity index (χ2n) is 2.88. The summed E-state index contributed by atoms with van der Waals surface area (Å²) in [5.74, 6) is -0.131. The number of hydrogen-bond donors (Lipinski definition) is 1. The van der Waals surface area contributed by atoms with Gasteiger partial charge in [-0.15, -0.1) is 0 Å². The van der Waals surface area contributed by atoms with E-state index < -0.39 is 5.97 Å². The molecule has 7 heteroatoms. The normalized spacial score (nSPS) is 10.5. The van der Waals surface area contributed by atoms with Crippen LogP contribution >= 0.6 is 0 Å². The minimum absolute atomic E-state index is 0.123. The number of carboxylic acids is 1. The molecule has 0 unspecified atom stereocenters. The molecule has 2 aromatic rings. The minimum Gasteiger partial charge on any atom is -0.481 e. The molecule has 0 saturated heterocycles. The molecule has 0 spiro atoms. The first kappa shape index (κ1) is 9.38. The summed E-state index contributed by atoms with van der Waals surface area (Å²) in [7, 11) is 0. The molecule has 0 atom stereocenters. The summed E-state index contributed by atoms with van der Waals surface area (Å²) in [6.07, 6.45) is 1.17. The van der Waals surface area contributed by atoms with Crippen molar-refractivity contribution in [3.05, 3.63) is 17.8 Å². The summed E-state index contributed by atoms with van der Waals surface area (Å²) in [6, 6.07) is 0. The maximum atomic E-state index is 10.4. The molecule has 15 heavy (non-hydrogen) atoms. The molecule has 0 saturated carbocycles. The van der Waals surface area contributed by atoms with Crippen molar-refractivity contribution in [3.63, 3.8) is 0 Å². The second-order valence-corrected chi connectivity index (χ2v) is 2.88. The molecule has 1 N–H and O–H groups in total. The van der Waals surface area contributed by atoms with Crippen molar-refractivity contribution in [2.24, 2.45) is 0 Å². The van der Waals surface area contributed by atoms with Crippen molar-refractivity contribution >= 4 is 5.97 Å². The van der Waals surface area contributed by atoms with Crippen molar-refractivity contribution < 1.29 is 18.9 Å². The van der Waals surface area contributed by atoms with Gasteiger partial charge in [-0.1, -0.05) is 10.3 Å². The molecule has 0 aromatic carbocycles. The molecule has 0 aliphatic rings. The molecule has 0 amide bonds. The fraction of sp³-hybridized carbons (Fsp3) is 0.250. The molecule has 2 aromatic heterocycles. The van der Waals surface area contributed by atoms with Gasteiger partial charge in [0, 0.05) is 0 Å². The van der Waals surface area contributed by atoms with E-state index in [9.17, 15) is 4.79 Å². The van der Waals surface area contributed by atoms with Gasteiger partial charge in [-0.25, -0.2) is 0 Å². The van der Waals surface area contributed by atoms with Gasteiger partial charge in [0.2, 0.25) is 0 Å². The van der Waals surface area contributed by atoms with Crippen LogP contribution in [-0.4, -0.2) is 26.4 Å². The Bertz CT molecular complexity index is 488. The maximum Gasteiger partial charge on any atom is 0.311 e. The van der Waals surface area contributed by atoms with E-state index in [2.05, 4.69) is 15.3 Å². The van der Waals surface area contributed by atoms with Crippen LogP contribution in [0.5, 0.6) is 0 Å². The third-order valence-corrected chi connectivity index (χ3v) is 1.76. The van der Waals surface area contributed by atoms with E-state index in [0.29, 0.717) is 11.3 Å². The number of carboxylic acid groups (broad SMARTS) is 1. The summed E-state index contributed by atoms with van der Waals surface area (Å²) in [5, 5.41) is 15.6. The molecule has 0 aliphatic heterocycles. The lowest BCUT2D eigenvalue weighted by Crippen LogP contribution is -2.01. The van der Waals surface area contributed by atoms with Crippen molar-refractivity contribution in [3.8, 4) is 11.5 Å². The van der Waals surface area contributed by atoms with Gasteiger partial charge in [-0.05, 0) is 6.92 Å². The third-order valence-electron chi connectivity index (χ3n) is 1.76. The third kappa shape index (κ3) is 1.85. The highest BCUT2D eigenvalue weighted by atomic mass is 16.5. The SMILES string of the molecule is Cc1oncc1-c1nc(CC(=O)O)no1. The monoisotopic (exact) mass is 209 g/mol. The van der Waals surface area contributed by atoms with Crippen molar-refractivity contribution in [2.45, 2.75) is 13.3 Å². The van der Waals surface area contributed by atoms with Crippen LogP contribution in [0.2, 0.25) is 0 Å². The van der Waals surface area contributed by atoms with Gasteiger partial charge in [0.15, 0.2) is 5.82 Å². The van der Waals surface area contributed by atoms with Gasteiger partial charge >= 0.3 is 5.97 Å². The van der Waals surface area contributed by atoms with E-state index in [0.717, 1.165) is 0 Å². The van der Waals surface area contributed by atoms with Crippen LogP contribution in [0.4, 0.5) is 0 Å². The van der Waals surface area contributed by atoms with Crippen LogP contribution in [-0.2, 0) is 11.2 Å². The first-order chi connectivity index (χ1) is 7.16. The van der Waals surface area contributed by atoms with E-state index >= 15 is 0 Å². The van der Waals surface area contributed by atoms with Crippen LogP contribution in [0.25, 0.3) is 11.5 Å². The number of aryl methyl sites for hydroxylation is 1. The van der Waals surface area contributed by atoms with Crippen molar-refractivity contribution in [2.75, 3.05) is 0 Å². The van der Waals surface area contributed by atoms with E-state index in [1.165, 1.54) is 6.20 Å². The van der Waals surface area contributed by atoms with E-state index in [4.69, 9.17) is 14.2 Å². The Morgan fingerprint density at radius 2 is 2.33 bits per heavy atom. The highest BCUT2D eigenvalue weighted by Gasteiger charge is 2.15. The summed E-state index contributed by atoms with van der Waals surface area (Å²) < 4.78 is 9.68. The summed E-state index contributed by atoms with van der Waals surface area (Å²) in [6.45, 7) is 1.70. The Labute approximate surface area is 83.7 Å². The predicted molar refractivity (Wildman–Crippen MR) is 45.9 cm³/mol. The van der Waals surface area contributed by atoms with Gasteiger partial charge in [-0.3, -0.25) is 4.79 Å². The molecule has 2 rings (SSSR count). The lowest BCUT2D eigenvalue weighted by atomic mass is 10.3. The largest absolute Gasteiger partial charge is 0.481 e. The predicted octanol–water partition coefficient (Wildman–Crippen LogP) is 0.660. The Morgan fingerprint density at radius 3 is 2.93 bits per heavy atom. The number of nitrogens with zero attached hydrogens (tertiary/aromatic N) is 3. The fourth-order valence-electron chi connectivity index (χ4n) is 1.07. The molecule has 0 radical (unpaired) electrons. The van der Waals surface area contributed by atoms with Gasteiger partial charge in [0.25, 0.3) is 5.89 Å². The molecule has 2 heterocycles. The molecular weight excluding hydrogens is 202 g/mol. The number of aliphatic carboxylic acids is 1. The smallest absolute Gasteiger partial charge is 0.311 e. The fourth-order valence-corrected chi connectivity index (χ4v) is 1.07. The zero-order chi connectivity index (χ0) is 10.8. The standard InChI is InChI=1S/C8H7N3O4/c1-4-5(3-9-14-4)8-10-6(11-15-8)2-7(12)13/h3H,2H2,1H3,(H,12,13). The van der Waals surface area contributed by atoms with Crippen LogP contribution < -0.4 is 0 Å². The summed E-state index contributed by atoms with van der Waals surface area (Å²) in [4.78, 5) is 14.3. The lowest BCUT2D eigenvalue weighted by Gasteiger charge is -1.85. The zero-order valence-corrected chi connectivity index (χ0v) is 7.80. The minimum atomic E-state index is -1.01. The lowest BCUT2D eigenvalue weighted by molar-refractivity contribution is -0.136. The average Bonchev–Trinajstić information content (AvgIpc) is 2.72. The van der Waals surface area contributed by atoms with E-state index in [1.807, 2.05) is 0 Å². The quantitative estimate of drug-likeness (QED) is 0.791. The Hall–Kier alpha value is -2.18. The first-order valence-electron chi connectivity index (χ1n) is 4.13. The summed E-state index contributed by atoms with van der Waals surface area (Å²) in [5.41, 5.74) is 0.569. The van der Waals surface area contributed by atoms with Crippen LogP contribution in [0.3, 0.4) is 0 Å².